The molecule has 0 unspecified atom stereocenters. The lowest BCUT2D eigenvalue weighted by Crippen LogP contribution is -2.36. The number of rotatable bonds is 6. The van der Waals surface area contributed by atoms with Gasteiger partial charge in [-0.25, -0.2) is 9.78 Å². The average molecular weight is 480 g/mol. The summed E-state index contributed by atoms with van der Waals surface area (Å²) in [4.78, 5) is 32.8. The first-order chi connectivity index (χ1) is 16.2. The van der Waals surface area contributed by atoms with E-state index in [-0.39, 0.29) is 12.5 Å². The Morgan fingerprint density at radius 3 is 2.58 bits per heavy atom. The van der Waals surface area contributed by atoms with Crippen molar-refractivity contribution >= 4 is 56.1 Å². The van der Waals surface area contributed by atoms with Gasteiger partial charge in [-0.2, -0.15) is 0 Å². The normalized spacial score (nSPS) is 13.8. The highest BCUT2D eigenvalue weighted by molar-refractivity contribution is 7.26. The first kappa shape index (κ1) is 21.6. The van der Waals surface area contributed by atoms with Crippen LogP contribution in [0.4, 0.5) is 11.4 Å². The molecule has 7 nitrogen and oxygen atoms in total. The molecule has 2 aromatic heterocycles. The van der Waals surface area contributed by atoms with Gasteiger partial charge < -0.3 is 19.7 Å². The number of hydrogen-bond acceptors (Lipinski definition) is 8. The van der Waals surface area contributed by atoms with E-state index in [1.807, 2.05) is 54.6 Å². The quantitative estimate of drug-likeness (QED) is 0.405. The van der Waals surface area contributed by atoms with Crippen molar-refractivity contribution in [1.29, 1.82) is 0 Å². The van der Waals surface area contributed by atoms with E-state index in [9.17, 15) is 9.59 Å². The minimum atomic E-state index is -0.523. The summed E-state index contributed by atoms with van der Waals surface area (Å²) in [6, 6.07) is 19.1. The number of ether oxygens (including phenoxy) is 2. The summed E-state index contributed by atoms with van der Waals surface area (Å²) in [5.41, 5.74) is 2.68. The van der Waals surface area contributed by atoms with Crippen LogP contribution in [0.25, 0.3) is 20.1 Å². The molecule has 1 N–H and O–H groups in total. The zero-order valence-electron chi connectivity index (χ0n) is 17.7. The highest BCUT2D eigenvalue weighted by Crippen LogP contribution is 2.34. The Balaban J connectivity index is 1.14. The molecule has 0 saturated carbocycles. The smallest absolute Gasteiger partial charge is 0.348 e. The van der Waals surface area contributed by atoms with Gasteiger partial charge in [0.15, 0.2) is 6.61 Å². The Morgan fingerprint density at radius 2 is 1.79 bits per heavy atom. The number of fused-ring (bicyclic) bond motifs is 1. The molecular weight excluding hydrogens is 458 g/mol. The molecule has 0 atom stereocenters. The van der Waals surface area contributed by atoms with Crippen LogP contribution in [0.15, 0.2) is 60.7 Å². The minimum absolute atomic E-state index is 0.349. The summed E-state index contributed by atoms with van der Waals surface area (Å²) in [5.74, 6) is -0.907. The maximum atomic E-state index is 12.4. The van der Waals surface area contributed by atoms with Crippen molar-refractivity contribution < 1.29 is 19.1 Å². The number of nitrogens with one attached hydrogen (secondary N) is 1. The van der Waals surface area contributed by atoms with Crippen molar-refractivity contribution in [2.45, 2.75) is 0 Å². The second-order valence-corrected chi connectivity index (χ2v) is 9.54. The van der Waals surface area contributed by atoms with Crippen LogP contribution in [-0.2, 0) is 14.3 Å². The number of esters is 1. The van der Waals surface area contributed by atoms with Crippen molar-refractivity contribution in [2.75, 3.05) is 43.1 Å². The summed E-state index contributed by atoms with van der Waals surface area (Å²) in [6.07, 6.45) is 0. The van der Waals surface area contributed by atoms with E-state index in [0.29, 0.717) is 10.6 Å². The Hall–Kier alpha value is -3.27. The summed E-state index contributed by atoms with van der Waals surface area (Å²) in [7, 11) is 0. The number of hydrogen-bond donors (Lipinski definition) is 1. The number of para-hydroxylation sites is 1. The van der Waals surface area contributed by atoms with E-state index in [0.717, 1.165) is 52.1 Å². The van der Waals surface area contributed by atoms with E-state index < -0.39 is 5.97 Å². The molecule has 1 aliphatic heterocycles. The van der Waals surface area contributed by atoms with Crippen molar-refractivity contribution in [3.05, 3.63) is 65.5 Å². The number of benzene rings is 2. The number of amides is 1. The molecule has 4 aromatic rings. The number of morpholine rings is 1. The fraction of sp³-hybridized carbons (Fsp3) is 0.208. The molecular formula is C24H21N3O4S2. The number of nitrogens with zero attached hydrogens (tertiary/aromatic N) is 2. The number of carbonyl (C=O) groups is 2. The lowest BCUT2D eigenvalue weighted by molar-refractivity contribution is -0.119. The lowest BCUT2D eigenvalue weighted by Gasteiger charge is -2.28. The molecule has 0 bridgehead atoms. The molecule has 1 aliphatic rings. The zero-order valence-corrected chi connectivity index (χ0v) is 19.3. The molecule has 0 spiro atoms. The Labute approximate surface area is 198 Å². The van der Waals surface area contributed by atoms with Crippen LogP contribution in [0, 0.1) is 0 Å². The second kappa shape index (κ2) is 9.70. The third kappa shape index (κ3) is 5.05. The van der Waals surface area contributed by atoms with Gasteiger partial charge in [0.25, 0.3) is 5.91 Å². The molecule has 5 rings (SSSR count). The van der Waals surface area contributed by atoms with E-state index in [2.05, 4.69) is 15.2 Å². The Kier molecular flexibility index (Phi) is 6.34. The summed E-state index contributed by atoms with van der Waals surface area (Å²) in [5, 5.41) is 3.62. The summed E-state index contributed by atoms with van der Waals surface area (Å²) in [6.45, 7) is 2.79. The first-order valence-corrected chi connectivity index (χ1v) is 12.1. The Bertz CT molecular complexity index is 1240. The van der Waals surface area contributed by atoms with Gasteiger partial charge in [-0.15, -0.1) is 22.7 Å². The fourth-order valence-electron chi connectivity index (χ4n) is 3.52. The molecule has 1 fully saturated rings. The van der Waals surface area contributed by atoms with Gasteiger partial charge in [-0.1, -0.05) is 12.1 Å². The molecule has 1 amide bonds. The molecule has 0 aliphatic carbocycles. The van der Waals surface area contributed by atoms with E-state index >= 15 is 0 Å². The lowest BCUT2D eigenvalue weighted by atomic mass is 10.2. The van der Waals surface area contributed by atoms with Gasteiger partial charge in [0.1, 0.15) is 9.88 Å². The summed E-state index contributed by atoms with van der Waals surface area (Å²) >= 11 is 2.89. The Morgan fingerprint density at radius 1 is 1.00 bits per heavy atom. The standard InChI is InChI=1S/C24H21N3O4S2/c28-22(25-16-5-7-17(8-6-16)27-11-13-30-14-12-27)15-31-24(29)21-10-9-20(32-21)23-26-18-3-1-2-4-19(18)33-23/h1-10H,11-15H2,(H,25,28). The highest BCUT2D eigenvalue weighted by atomic mass is 32.1. The van der Waals surface area contributed by atoms with E-state index in [4.69, 9.17) is 9.47 Å². The highest BCUT2D eigenvalue weighted by Gasteiger charge is 2.16. The average Bonchev–Trinajstić information content (AvgIpc) is 3.51. The van der Waals surface area contributed by atoms with Crippen LogP contribution in [0.2, 0.25) is 0 Å². The maximum Gasteiger partial charge on any atom is 0.348 e. The van der Waals surface area contributed by atoms with Crippen LogP contribution in [0.3, 0.4) is 0 Å². The number of anilines is 2. The number of carbonyl (C=O) groups excluding carboxylic acids is 2. The van der Waals surface area contributed by atoms with Crippen LogP contribution in [-0.4, -0.2) is 49.8 Å². The van der Waals surface area contributed by atoms with Gasteiger partial charge in [-0.3, -0.25) is 4.79 Å². The third-order valence-electron chi connectivity index (χ3n) is 5.17. The van der Waals surface area contributed by atoms with Gasteiger partial charge in [0.05, 0.1) is 28.3 Å². The molecule has 3 heterocycles. The second-order valence-electron chi connectivity index (χ2n) is 7.42. The minimum Gasteiger partial charge on any atom is -0.451 e. The SMILES string of the molecule is O=C(COC(=O)c1ccc(-c2nc3ccccc3s2)s1)Nc1ccc(N2CCOCC2)cc1. The predicted molar refractivity (Wildman–Crippen MR) is 131 cm³/mol. The first-order valence-electron chi connectivity index (χ1n) is 10.5. The molecule has 9 heteroatoms. The monoisotopic (exact) mass is 479 g/mol. The fourth-order valence-corrected chi connectivity index (χ4v) is 5.44. The van der Waals surface area contributed by atoms with Crippen molar-refractivity contribution in [1.82, 2.24) is 4.98 Å². The largest absolute Gasteiger partial charge is 0.451 e. The van der Waals surface area contributed by atoms with E-state index in [1.165, 1.54) is 11.3 Å². The van der Waals surface area contributed by atoms with Crippen LogP contribution >= 0.6 is 22.7 Å². The van der Waals surface area contributed by atoms with Crippen molar-refractivity contribution in [2.24, 2.45) is 0 Å². The maximum absolute atomic E-state index is 12.4. The van der Waals surface area contributed by atoms with Crippen molar-refractivity contribution in [3.63, 3.8) is 0 Å². The summed E-state index contributed by atoms with van der Waals surface area (Å²) < 4.78 is 11.7. The third-order valence-corrected chi connectivity index (χ3v) is 7.44. The number of thiazole rings is 1. The van der Waals surface area contributed by atoms with Crippen LogP contribution in [0.5, 0.6) is 0 Å². The van der Waals surface area contributed by atoms with Gasteiger partial charge in [0, 0.05) is 24.5 Å². The predicted octanol–water partition coefficient (Wildman–Crippen LogP) is 4.66. The topological polar surface area (TPSA) is 80.8 Å². The number of thiophene rings is 1. The molecule has 1 saturated heterocycles. The zero-order chi connectivity index (χ0) is 22.6. The van der Waals surface area contributed by atoms with Gasteiger partial charge >= 0.3 is 5.97 Å². The molecule has 0 radical (unpaired) electrons. The van der Waals surface area contributed by atoms with Crippen molar-refractivity contribution in [3.8, 4) is 9.88 Å². The molecule has 33 heavy (non-hydrogen) atoms. The van der Waals surface area contributed by atoms with Crippen LogP contribution < -0.4 is 10.2 Å². The van der Waals surface area contributed by atoms with Crippen LogP contribution in [0.1, 0.15) is 9.67 Å². The molecule has 168 valence electrons. The number of aromatic nitrogens is 1. The van der Waals surface area contributed by atoms with E-state index in [1.54, 1.807) is 17.4 Å². The van der Waals surface area contributed by atoms with Gasteiger partial charge in [0.2, 0.25) is 0 Å². The van der Waals surface area contributed by atoms with Gasteiger partial charge in [-0.05, 0) is 48.5 Å². The molecule has 2 aromatic carbocycles.